The quantitative estimate of drug-likeness (QED) is 0.689. The molecule has 1 aromatic carbocycles. The Bertz CT molecular complexity index is 686. The van der Waals surface area contributed by atoms with Crippen molar-refractivity contribution >= 4 is 11.8 Å². The standard InChI is InChI=1S/C15H17N3O2S/c1-11-16-17-15(18(11)2)21-10-13-9-14(20-3)7-6-12(13)5-4-8-19/h6-7,9,19H,8,10H2,1-3H3. The van der Waals surface area contributed by atoms with Crippen LogP contribution in [0.4, 0.5) is 0 Å². The highest BCUT2D eigenvalue weighted by Crippen LogP contribution is 2.25. The van der Waals surface area contributed by atoms with Gasteiger partial charge in [0.1, 0.15) is 18.2 Å². The van der Waals surface area contributed by atoms with Crippen LogP contribution in [0, 0.1) is 18.8 Å². The molecule has 0 aliphatic heterocycles. The smallest absolute Gasteiger partial charge is 0.191 e. The van der Waals surface area contributed by atoms with Crippen molar-refractivity contribution in [3.63, 3.8) is 0 Å². The van der Waals surface area contributed by atoms with Crippen LogP contribution in [0.25, 0.3) is 0 Å². The van der Waals surface area contributed by atoms with Gasteiger partial charge in [0.15, 0.2) is 5.16 Å². The summed E-state index contributed by atoms with van der Waals surface area (Å²) in [6.45, 7) is 1.77. The van der Waals surface area contributed by atoms with Gasteiger partial charge in [0, 0.05) is 18.4 Å². The number of nitrogens with zero attached hydrogens (tertiary/aromatic N) is 3. The third-order valence-corrected chi connectivity index (χ3v) is 4.09. The first-order valence-corrected chi connectivity index (χ1v) is 7.39. The molecule has 0 amide bonds. The van der Waals surface area contributed by atoms with E-state index in [0.717, 1.165) is 27.9 Å². The topological polar surface area (TPSA) is 60.2 Å². The lowest BCUT2D eigenvalue weighted by Crippen LogP contribution is -1.95. The Morgan fingerprint density at radius 3 is 2.81 bits per heavy atom. The summed E-state index contributed by atoms with van der Waals surface area (Å²) in [4.78, 5) is 0. The van der Waals surface area contributed by atoms with E-state index < -0.39 is 0 Å². The van der Waals surface area contributed by atoms with Gasteiger partial charge in [-0.25, -0.2) is 0 Å². The Kier molecular flexibility index (Phi) is 5.26. The van der Waals surface area contributed by atoms with Crippen molar-refractivity contribution < 1.29 is 9.84 Å². The van der Waals surface area contributed by atoms with Crippen LogP contribution >= 0.6 is 11.8 Å². The fraction of sp³-hybridized carbons (Fsp3) is 0.333. The second-order valence-corrected chi connectivity index (χ2v) is 5.30. The van der Waals surface area contributed by atoms with Crippen LogP contribution in [0.1, 0.15) is 17.0 Å². The van der Waals surface area contributed by atoms with E-state index in [4.69, 9.17) is 9.84 Å². The predicted molar refractivity (Wildman–Crippen MR) is 82.3 cm³/mol. The molecule has 0 unspecified atom stereocenters. The summed E-state index contributed by atoms with van der Waals surface area (Å²) in [5.74, 6) is 8.01. The molecule has 2 aromatic rings. The van der Waals surface area contributed by atoms with Crippen molar-refractivity contribution in [2.45, 2.75) is 17.8 Å². The van der Waals surface area contributed by atoms with E-state index >= 15 is 0 Å². The molecule has 0 atom stereocenters. The number of aliphatic hydroxyl groups excluding tert-OH is 1. The summed E-state index contributed by atoms with van der Waals surface area (Å²) in [5.41, 5.74) is 1.93. The van der Waals surface area contributed by atoms with Crippen molar-refractivity contribution in [3.8, 4) is 17.6 Å². The van der Waals surface area contributed by atoms with E-state index in [2.05, 4.69) is 22.0 Å². The van der Waals surface area contributed by atoms with Gasteiger partial charge in [-0.05, 0) is 30.7 Å². The van der Waals surface area contributed by atoms with Crippen molar-refractivity contribution in [1.29, 1.82) is 0 Å². The zero-order chi connectivity index (χ0) is 15.2. The van der Waals surface area contributed by atoms with E-state index in [1.165, 1.54) is 0 Å². The summed E-state index contributed by atoms with van der Waals surface area (Å²) in [7, 11) is 3.58. The lowest BCUT2D eigenvalue weighted by molar-refractivity contribution is 0.350. The molecule has 1 N–H and O–H groups in total. The number of hydrogen-bond donors (Lipinski definition) is 1. The molecular weight excluding hydrogens is 286 g/mol. The molecular formula is C15H17N3O2S. The maximum absolute atomic E-state index is 8.84. The molecule has 1 heterocycles. The molecule has 0 bridgehead atoms. The molecule has 1 aromatic heterocycles. The number of thioether (sulfide) groups is 1. The Morgan fingerprint density at radius 1 is 1.38 bits per heavy atom. The second-order valence-electron chi connectivity index (χ2n) is 4.36. The maximum Gasteiger partial charge on any atom is 0.191 e. The van der Waals surface area contributed by atoms with E-state index in [9.17, 15) is 0 Å². The Labute approximate surface area is 128 Å². The van der Waals surface area contributed by atoms with Crippen molar-refractivity contribution in [2.24, 2.45) is 7.05 Å². The summed E-state index contributed by atoms with van der Waals surface area (Å²) >= 11 is 1.59. The first-order valence-electron chi connectivity index (χ1n) is 6.41. The second kappa shape index (κ2) is 7.16. The lowest BCUT2D eigenvalue weighted by atomic mass is 10.1. The number of rotatable bonds is 4. The maximum atomic E-state index is 8.84. The van der Waals surface area contributed by atoms with E-state index in [0.29, 0.717) is 5.75 Å². The summed E-state index contributed by atoms with van der Waals surface area (Å²) in [6.07, 6.45) is 0. The van der Waals surface area contributed by atoms with E-state index in [-0.39, 0.29) is 6.61 Å². The van der Waals surface area contributed by atoms with Crippen molar-refractivity contribution in [2.75, 3.05) is 13.7 Å². The molecule has 0 spiro atoms. The highest BCUT2D eigenvalue weighted by atomic mass is 32.2. The van der Waals surface area contributed by atoms with Gasteiger partial charge in [-0.15, -0.1) is 10.2 Å². The van der Waals surface area contributed by atoms with Gasteiger partial charge in [0.2, 0.25) is 0 Å². The third-order valence-electron chi connectivity index (χ3n) is 3.02. The fourth-order valence-electron chi connectivity index (χ4n) is 1.73. The zero-order valence-electron chi connectivity index (χ0n) is 12.3. The average molecular weight is 303 g/mol. The van der Waals surface area contributed by atoms with Gasteiger partial charge in [0.25, 0.3) is 0 Å². The molecule has 0 radical (unpaired) electrons. The van der Waals surface area contributed by atoms with Crippen LogP contribution in [0.5, 0.6) is 5.75 Å². The van der Waals surface area contributed by atoms with Crippen LogP contribution in [-0.4, -0.2) is 33.6 Å². The van der Waals surface area contributed by atoms with Crippen molar-refractivity contribution in [1.82, 2.24) is 14.8 Å². The Balaban J connectivity index is 2.22. The summed E-state index contributed by atoms with van der Waals surface area (Å²) in [6, 6.07) is 5.72. The van der Waals surface area contributed by atoms with Crippen molar-refractivity contribution in [3.05, 3.63) is 35.2 Å². The highest BCUT2D eigenvalue weighted by Gasteiger charge is 2.08. The number of benzene rings is 1. The SMILES string of the molecule is COc1ccc(C#CCO)c(CSc2nnc(C)n2C)c1. The van der Waals surface area contributed by atoms with Gasteiger partial charge in [-0.1, -0.05) is 23.6 Å². The number of aliphatic hydroxyl groups is 1. The summed E-state index contributed by atoms with van der Waals surface area (Å²) < 4.78 is 7.20. The molecule has 110 valence electrons. The van der Waals surface area contributed by atoms with E-state index in [1.54, 1.807) is 18.9 Å². The van der Waals surface area contributed by atoms with E-state index in [1.807, 2.05) is 36.7 Å². The molecule has 0 saturated carbocycles. The van der Waals surface area contributed by atoms with Gasteiger partial charge in [0.05, 0.1) is 7.11 Å². The van der Waals surface area contributed by atoms with Gasteiger partial charge < -0.3 is 14.4 Å². The van der Waals surface area contributed by atoms with Crippen LogP contribution in [0.15, 0.2) is 23.4 Å². The first kappa shape index (κ1) is 15.4. The fourth-order valence-corrected chi connectivity index (χ4v) is 2.68. The van der Waals surface area contributed by atoms with Gasteiger partial charge in [-0.2, -0.15) is 0 Å². The predicted octanol–water partition coefficient (Wildman–Crippen LogP) is 1.77. The molecule has 2 rings (SSSR count). The van der Waals surface area contributed by atoms with Crippen LogP contribution in [0.3, 0.4) is 0 Å². The minimum absolute atomic E-state index is 0.152. The molecule has 0 fully saturated rings. The monoisotopic (exact) mass is 303 g/mol. The minimum Gasteiger partial charge on any atom is -0.497 e. The first-order chi connectivity index (χ1) is 10.2. The molecule has 6 heteroatoms. The highest BCUT2D eigenvalue weighted by molar-refractivity contribution is 7.98. The number of ether oxygens (including phenoxy) is 1. The normalized spacial score (nSPS) is 10.1. The Hall–Kier alpha value is -1.97. The minimum atomic E-state index is -0.152. The van der Waals surface area contributed by atoms with Gasteiger partial charge >= 0.3 is 0 Å². The number of aryl methyl sites for hydroxylation is 1. The third kappa shape index (κ3) is 3.78. The van der Waals surface area contributed by atoms with Crippen LogP contribution in [-0.2, 0) is 12.8 Å². The number of aromatic nitrogens is 3. The molecule has 21 heavy (non-hydrogen) atoms. The molecule has 0 aliphatic carbocycles. The summed E-state index contributed by atoms with van der Waals surface area (Å²) in [5, 5.41) is 17.9. The largest absolute Gasteiger partial charge is 0.497 e. The average Bonchev–Trinajstić information content (AvgIpc) is 2.83. The number of methoxy groups -OCH3 is 1. The van der Waals surface area contributed by atoms with Gasteiger partial charge in [-0.3, -0.25) is 0 Å². The molecule has 0 saturated heterocycles. The molecule has 5 nitrogen and oxygen atoms in total. The molecule has 0 aliphatic rings. The lowest BCUT2D eigenvalue weighted by Gasteiger charge is -2.07. The van der Waals surface area contributed by atoms with Crippen LogP contribution < -0.4 is 4.74 Å². The zero-order valence-corrected chi connectivity index (χ0v) is 13.1. The Morgan fingerprint density at radius 2 is 2.19 bits per heavy atom. The van der Waals surface area contributed by atoms with Crippen LogP contribution in [0.2, 0.25) is 0 Å². The number of hydrogen-bond acceptors (Lipinski definition) is 5.